The van der Waals surface area contributed by atoms with Crippen LogP contribution in [0.1, 0.15) is 11.1 Å². The summed E-state index contributed by atoms with van der Waals surface area (Å²) in [6.45, 7) is 1.57. The van der Waals surface area contributed by atoms with Crippen molar-refractivity contribution in [2.75, 3.05) is 6.61 Å². The third-order valence-electron chi connectivity index (χ3n) is 10.3. The predicted octanol–water partition coefficient (Wildman–Crippen LogP) is 8.42. The van der Waals surface area contributed by atoms with Crippen LogP contribution in [-0.2, 0) is 13.0 Å². The van der Waals surface area contributed by atoms with Crippen molar-refractivity contribution < 1.29 is 9.64 Å². The molecule has 0 aromatic heterocycles. The average Bonchev–Trinajstić information content (AvgIpc) is 3.26. The molecule has 0 atom stereocenters. The van der Waals surface area contributed by atoms with Crippen molar-refractivity contribution in [1.29, 1.82) is 0 Å². The summed E-state index contributed by atoms with van der Waals surface area (Å²) in [5, 5.41) is 0. The van der Waals surface area contributed by atoms with Crippen molar-refractivity contribution in [3.8, 4) is 5.75 Å². The Hall–Kier alpha value is -6.42. The highest BCUT2D eigenvalue weighted by molar-refractivity contribution is 7.19. The molecule has 8 rings (SSSR count). The fourth-order valence-electron chi connectivity index (χ4n) is 7.73. The first-order chi connectivity index (χ1) is 26.8. The predicted molar refractivity (Wildman–Crippen MR) is 229 cm³/mol. The van der Waals surface area contributed by atoms with Crippen LogP contribution in [0.3, 0.4) is 0 Å². The topological polar surface area (TPSA) is 13.7 Å². The Kier molecular flexibility index (Phi) is 12.2. The second kappa shape index (κ2) is 18.4. The van der Waals surface area contributed by atoms with E-state index in [4.69, 9.17) is 4.74 Å². The summed E-state index contributed by atoms with van der Waals surface area (Å²) in [6, 6.07) is 83.6. The van der Waals surface area contributed by atoms with E-state index in [0.29, 0.717) is 6.61 Å². The fraction of sp³-hybridized carbons (Fsp3) is 0.0588. The first-order valence-electron chi connectivity index (χ1n) is 18.9. The summed E-state index contributed by atoms with van der Waals surface area (Å²) < 4.78 is 5.93. The summed E-state index contributed by atoms with van der Waals surface area (Å²) in [5.74, 6) is 0.922. The molecule has 0 unspecified atom stereocenters. The lowest BCUT2D eigenvalue weighted by molar-refractivity contribution is -0.776. The monoisotopic (exact) mass is 699 g/mol. The highest BCUT2D eigenvalue weighted by Crippen LogP contribution is 2.15. The molecule has 0 heterocycles. The van der Waals surface area contributed by atoms with E-state index in [1.807, 2.05) is 30.3 Å². The van der Waals surface area contributed by atoms with Gasteiger partial charge in [0.15, 0.2) is 0 Å². The van der Waals surface area contributed by atoms with Gasteiger partial charge in [0.25, 0.3) is 0 Å². The molecule has 8 aromatic carbocycles. The van der Waals surface area contributed by atoms with Gasteiger partial charge < -0.3 is 4.74 Å². The van der Waals surface area contributed by atoms with Crippen LogP contribution in [0, 0.1) is 0 Å². The van der Waals surface area contributed by atoms with Crippen LogP contribution >= 0.6 is 0 Å². The van der Waals surface area contributed by atoms with E-state index in [-0.39, 0.29) is 0 Å². The standard InChI is InChI=1S/C27H25NO.C24H20B/c1-4-14-25(15-5-1)28(26-16-6-2-7-17-26)22-24-13-11-10-12-23(24)20-21-29-27-18-8-3-9-19-27;1-5-13-21(14-6-1)25(22-15-7-2-8-16-22,23-17-9-3-10-18-23)24-19-11-4-12-20-24/h1-19H,20-22H2;1-20H/q;-1/p+1. The number of quaternary nitrogens is 1. The van der Waals surface area contributed by atoms with E-state index in [1.165, 1.54) is 49.3 Å². The summed E-state index contributed by atoms with van der Waals surface area (Å²) in [7, 11) is 0. The van der Waals surface area contributed by atoms with Crippen LogP contribution < -0.4 is 31.5 Å². The van der Waals surface area contributed by atoms with Crippen molar-refractivity contribution in [2.24, 2.45) is 0 Å². The highest BCUT2D eigenvalue weighted by Gasteiger charge is 2.31. The van der Waals surface area contributed by atoms with Crippen molar-refractivity contribution in [1.82, 2.24) is 0 Å². The summed E-state index contributed by atoms with van der Waals surface area (Å²) in [6.07, 6.45) is -0.325. The first kappa shape index (κ1) is 36.0. The van der Waals surface area contributed by atoms with E-state index < -0.39 is 6.15 Å². The van der Waals surface area contributed by atoms with Crippen LogP contribution in [0.15, 0.2) is 237 Å². The van der Waals surface area contributed by atoms with Gasteiger partial charge in [-0.15, -0.1) is 0 Å². The average molecular weight is 700 g/mol. The highest BCUT2D eigenvalue weighted by atomic mass is 16.5. The molecule has 0 aliphatic heterocycles. The summed E-state index contributed by atoms with van der Waals surface area (Å²) in [5.41, 5.74) is 10.6. The minimum atomic E-state index is -1.22. The van der Waals surface area contributed by atoms with Gasteiger partial charge in [-0.2, -0.15) is 21.9 Å². The maximum absolute atomic E-state index is 5.93. The minimum Gasteiger partial charge on any atom is -0.493 e. The Morgan fingerprint density at radius 3 is 1.04 bits per heavy atom. The largest absolute Gasteiger partial charge is 0.493 e. The summed E-state index contributed by atoms with van der Waals surface area (Å²) >= 11 is 0. The number of benzene rings is 8. The van der Waals surface area contributed by atoms with Gasteiger partial charge in [-0.25, -0.2) is 0 Å². The molecule has 0 saturated heterocycles. The van der Waals surface area contributed by atoms with E-state index >= 15 is 0 Å². The zero-order chi connectivity index (χ0) is 36.7. The molecular formula is C51H46BNO. The van der Waals surface area contributed by atoms with Gasteiger partial charge in [0.05, 0.1) is 6.61 Å². The molecule has 0 fully saturated rings. The van der Waals surface area contributed by atoms with Gasteiger partial charge in [-0.1, -0.05) is 200 Å². The molecule has 0 bridgehead atoms. The Balaban J connectivity index is 0.000000168. The number of nitrogens with one attached hydrogen (secondary N) is 1. The van der Waals surface area contributed by atoms with E-state index in [0.717, 1.165) is 18.7 Å². The summed E-state index contributed by atoms with van der Waals surface area (Å²) in [4.78, 5) is 1.35. The molecule has 0 saturated carbocycles. The van der Waals surface area contributed by atoms with E-state index in [2.05, 4.69) is 206 Å². The molecule has 0 spiro atoms. The third-order valence-corrected chi connectivity index (χ3v) is 10.3. The zero-order valence-electron chi connectivity index (χ0n) is 30.6. The number of hydrogen-bond acceptors (Lipinski definition) is 1. The fourth-order valence-corrected chi connectivity index (χ4v) is 7.73. The van der Waals surface area contributed by atoms with Gasteiger partial charge in [-0.3, -0.25) is 4.90 Å². The Morgan fingerprint density at radius 2 is 0.648 bits per heavy atom. The minimum absolute atomic E-state index is 0.674. The second-order valence-corrected chi connectivity index (χ2v) is 13.6. The molecule has 1 N–H and O–H groups in total. The van der Waals surface area contributed by atoms with E-state index in [1.54, 1.807) is 0 Å². The quantitative estimate of drug-likeness (QED) is 0.127. The molecule has 3 heteroatoms. The zero-order valence-corrected chi connectivity index (χ0v) is 30.6. The molecule has 0 aliphatic carbocycles. The van der Waals surface area contributed by atoms with Crippen molar-refractivity contribution >= 4 is 39.4 Å². The molecule has 0 radical (unpaired) electrons. The molecule has 54 heavy (non-hydrogen) atoms. The molecule has 2 nitrogen and oxygen atoms in total. The van der Waals surface area contributed by atoms with Gasteiger partial charge in [-0.05, 0) is 42.0 Å². The van der Waals surface area contributed by atoms with Crippen LogP contribution in [0.25, 0.3) is 0 Å². The smallest absolute Gasteiger partial charge is 0.136 e. The molecule has 264 valence electrons. The van der Waals surface area contributed by atoms with Crippen LogP contribution in [0.4, 0.5) is 11.4 Å². The molecule has 0 aliphatic rings. The number of hydrogen-bond donors (Lipinski definition) is 1. The lowest BCUT2D eigenvalue weighted by Crippen LogP contribution is -3.00. The molecule has 0 amide bonds. The van der Waals surface area contributed by atoms with Crippen molar-refractivity contribution in [3.05, 3.63) is 248 Å². The van der Waals surface area contributed by atoms with Crippen LogP contribution in [-0.4, -0.2) is 12.8 Å². The lowest BCUT2D eigenvalue weighted by atomic mass is 9.13. The maximum Gasteiger partial charge on any atom is 0.136 e. The Bertz CT molecular complexity index is 2050. The second-order valence-electron chi connectivity index (χ2n) is 13.6. The first-order valence-corrected chi connectivity index (χ1v) is 18.9. The molecule has 8 aromatic rings. The van der Waals surface area contributed by atoms with Crippen LogP contribution in [0.5, 0.6) is 5.75 Å². The van der Waals surface area contributed by atoms with Crippen molar-refractivity contribution in [2.45, 2.75) is 13.0 Å². The Labute approximate surface area is 320 Å². The maximum atomic E-state index is 5.93. The van der Waals surface area contributed by atoms with Crippen LogP contribution in [0.2, 0.25) is 0 Å². The normalized spacial score (nSPS) is 11.0. The number of para-hydroxylation sites is 3. The van der Waals surface area contributed by atoms with Gasteiger partial charge in [0.1, 0.15) is 29.8 Å². The van der Waals surface area contributed by atoms with Crippen molar-refractivity contribution in [3.63, 3.8) is 0 Å². The lowest BCUT2D eigenvalue weighted by Gasteiger charge is -2.44. The molecular weight excluding hydrogens is 653 g/mol. The van der Waals surface area contributed by atoms with E-state index in [9.17, 15) is 0 Å². The number of rotatable bonds is 12. The van der Waals surface area contributed by atoms with Gasteiger partial charge in [0, 0.05) is 12.0 Å². The Morgan fingerprint density at radius 1 is 0.333 bits per heavy atom. The third kappa shape index (κ3) is 8.61. The SMILES string of the molecule is c1ccc(OCCc2ccccc2C[NH+](c2ccccc2)c2ccccc2)cc1.c1ccc([B-](c2ccccc2)(c2ccccc2)c2ccccc2)cc1. The van der Waals surface area contributed by atoms with Gasteiger partial charge >= 0.3 is 0 Å². The number of ether oxygens (including phenoxy) is 1. The van der Waals surface area contributed by atoms with Gasteiger partial charge in [0.2, 0.25) is 0 Å².